The van der Waals surface area contributed by atoms with Gasteiger partial charge in [-0.1, -0.05) is 12.1 Å². The van der Waals surface area contributed by atoms with Crippen LogP contribution in [0.2, 0.25) is 0 Å². The summed E-state index contributed by atoms with van der Waals surface area (Å²) in [5.74, 6) is 0.269. The first-order valence-electron chi connectivity index (χ1n) is 5.22. The van der Waals surface area contributed by atoms with Gasteiger partial charge in [-0.05, 0) is 12.5 Å². The lowest BCUT2D eigenvalue weighted by Gasteiger charge is -2.09. The second kappa shape index (κ2) is 6.82. The third-order valence-corrected chi connectivity index (χ3v) is 2.10. The summed E-state index contributed by atoms with van der Waals surface area (Å²) in [6.07, 6.45) is 0. The monoisotopic (exact) mass is 241 g/mol. The lowest BCUT2D eigenvalue weighted by Crippen LogP contribution is -2.10. The molecule has 0 heterocycles. The summed E-state index contributed by atoms with van der Waals surface area (Å²) in [7, 11) is 0. The zero-order valence-electron chi connectivity index (χ0n) is 9.59. The molecule has 94 valence electrons. The molecular weight excluding hydrogens is 226 g/mol. The van der Waals surface area contributed by atoms with Crippen molar-refractivity contribution in [3.63, 3.8) is 0 Å². The molecule has 1 N–H and O–H groups in total. The third kappa shape index (κ3) is 4.01. The van der Waals surface area contributed by atoms with E-state index >= 15 is 0 Å². The maximum absolute atomic E-state index is 10.8. The van der Waals surface area contributed by atoms with Gasteiger partial charge in [-0.2, -0.15) is 0 Å². The molecule has 0 bridgehead atoms. The molecule has 0 atom stereocenters. The second-order valence-electron chi connectivity index (χ2n) is 3.36. The fraction of sp³-hybridized carbons (Fsp3) is 0.455. The minimum absolute atomic E-state index is 0.0489. The van der Waals surface area contributed by atoms with E-state index in [-0.39, 0.29) is 37.9 Å². The molecule has 0 saturated carbocycles. The predicted molar refractivity (Wildman–Crippen MR) is 61.2 cm³/mol. The standard InChI is InChI=1S/C11H15NO5/c1-9-3-2-4-10(12(14)15)11(9)17-8-7-16-6-5-13/h2-4,13H,5-8H2,1H3. The summed E-state index contributed by atoms with van der Waals surface area (Å²) in [5, 5.41) is 19.3. The van der Waals surface area contributed by atoms with Crippen LogP contribution in [0.4, 0.5) is 5.69 Å². The molecule has 0 unspecified atom stereocenters. The Bertz CT molecular complexity index is 380. The number of nitrogens with zero attached hydrogens (tertiary/aromatic N) is 1. The largest absolute Gasteiger partial charge is 0.484 e. The van der Waals surface area contributed by atoms with Crippen LogP contribution in [0.1, 0.15) is 5.56 Å². The van der Waals surface area contributed by atoms with Crippen molar-refractivity contribution in [1.29, 1.82) is 0 Å². The summed E-state index contributed by atoms with van der Waals surface area (Å²) in [6.45, 7) is 2.43. The van der Waals surface area contributed by atoms with Crippen LogP contribution >= 0.6 is 0 Å². The number of rotatable bonds is 7. The van der Waals surface area contributed by atoms with Crippen LogP contribution in [0.15, 0.2) is 18.2 Å². The van der Waals surface area contributed by atoms with Crippen LogP contribution < -0.4 is 4.74 Å². The number of hydrogen-bond acceptors (Lipinski definition) is 5. The number of benzene rings is 1. The third-order valence-electron chi connectivity index (χ3n) is 2.10. The highest BCUT2D eigenvalue weighted by atomic mass is 16.6. The zero-order valence-corrected chi connectivity index (χ0v) is 9.59. The Morgan fingerprint density at radius 3 is 2.76 bits per heavy atom. The Morgan fingerprint density at radius 1 is 1.35 bits per heavy atom. The number of aliphatic hydroxyl groups excluding tert-OH is 1. The Hall–Kier alpha value is -1.66. The van der Waals surface area contributed by atoms with Crippen LogP contribution in [0, 0.1) is 17.0 Å². The van der Waals surface area contributed by atoms with E-state index in [9.17, 15) is 10.1 Å². The molecule has 0 aromatic heterocycles. The van der Waals surface area contributed by atoms with Gasteiger partial charge in [0.1, 0.15) is 6.61 Å². The maximum atomic E-state index is 10.8. The summed E-state index contributed by atoms with van der Waals surface area (Å²) in [4.78, 5) is 10.3. The van der Waals surface area contributed by atoms with Crippen LogP contribution in [-0.2, 0) is 4.74 Å². The van der Waals surface area contributed by atoms with Crippen LogP contribution in [0.5, 0.6) is 5.75 Å². The summed E-state index contributed by atoms with van der Waals surface area (Å²) < 4.78 is 10.3. The number of ether oxygens (including phenoxy) is 2. The molecule has 0 spiro atoms. The lowest BCUT2D eigenvalue weighted by molar-refractivity contribution is -0.385. The number of nitro benzene ring substituents is 1. The number of hydrogen-bond donors (Lipinski definition) is 1. The van der Waals surface area contributed by atoms with Gasteiger partial charge in [0.25, 0.3) is 0 Å². The summed E-state index contributed by atoms with van der Waals surface area (Å²) in [5.41, 5.74) is 0.661. The molecule has 0 aliphatic carbocycles. The Labute approximate surface area is 98.9 Å². The van der Waals surface area contributed by atoms with Gasteiger partial charge in [-0.15, -0.1) is 0 Å². The van der Waals surface area contributed by atoms with E-state index in [4.69, 9.17) is 14.6 Å². The predicted octanol–water partition coefficient (Wildman–Crippen LogP) is 1.29. The zero-order chi connectivity index (χ0) is 12.7. The number of aliphatic hydroxyl groups is 1. The van der Waals surface area contributed by atoms with E-state index in [2.05, 4.69) is 0 Å². The molecule has 1 aromatic carbocycles. The minimum atomic E-state index is -0.475. The van der Waals surface area contributed by atoms with Crippen molar-refractivity contribution in [3.05, 3.63) is 33.9 Å². The highest BCUT2D eigenvalue weighted by Gasteiger charge is 2.16. The molecule has 1 rings (SSSR count). The maximum Gasteiger partial charge on any atom is 0.311 e. The van der Waals surface area contributed by atoms with Gasteiger partial charge in [-0.25, -0.2) is 0 Å². The van der Waals surface area contributed by atoms with Gasteiger partial charge >= 0.3 is 5.69 Å². The average molecular weight is 241 g/mol. The first-order valence-corrected chi connectivity index (χ1v) is 5.22. The molecule has 6 nitrogen and oxygen atoms in total. The summed E-state index contributed by atoms with van der Waals surface area (Å²) >= 11 is 0. The molecule has 17 heavy (non-hydrogen) atoms. The molecule has 0 aliphatic heterocycles. The van der Waals surface area contributed by atoms with E-state index in [1.165, 1.54) is 6.07 Å². The van der Waals surface area contributed by atoms with E-state index in [0.717, 1.165) is 0 Å². The van der Waals surface area contributed by atoms with Gasteiger partial charge in [0.15, 0.2) is 5.75 Å². The Balaban J connectivity index is 2.60. The van der Waals surface area contributed by atoms with Gasteiger partial charge in [0.05, 0.1) is 24.7 Å². The normalized spacial score (nSPS) is 10.2. The van der Waals surface area contributed by atoms with Crippen LogP contribution in [0.3, 0.4) is 0 Å². The first-order chi connectivity index (χ1) is 8.16. The molecule has 6 heteroatoms. The molecule has 0 amide bonds. The van der Waals surface area contributed by atoms with E-state index in [1.807, 2.05) is 0 Å². The Kier molecular flexibility index (Phi) is 5.38. The van der Waals surface area contributed by atoms with Crippen molar-refractivity contribution in [2.45, 2.75) is 6.92 Å². The smallest absolute Gasteiger partial charge is 0.311 e. The molecule has 0 saturated heterocycles. The quantitative estimate of drug-likeness (QED) is 0.442. The molecule has 0 aliphatic rings. The minimum Gasteiger partial charge on any atom is -0.484 e. The molecule has 0 fully saturated rings. The van der Waals surface area contributed by atoms with Crippen molar-refractivity contribution < 1.29 is 19.5 Å². The van der Waals surface area contributed by atoms with Gasteiger partial charge in [0, 0.05) is 6.07 Å². The first kappa shape index (κ1) is 13.4. The molecular formula is C11H15NO5. The van der Waals surface area contributed by atoms with E-state index in [0.29, 0.717) is 5.56 Å². The van der Waals surface area contributed by atoms with E-state index < -0.39 is 4.92 Å². The highest BCUT2D eigenvalue weighted by molar-refractivity contribution is 5.51. The van der Waals surface area contributed by atoms with Crippen molar-refractivity contribution in [1.82, 2.24) is 0 Å². The summed E-state index contributed by atoms with van der Waals surface area (Å²) in [6, 6.07) is 4.76. The Morgan fingerprint density at radius 2 is 2.12 bits per heavy atom. The average Bonchev–Trinajstić information content (AvgIpc) is 2.30. The van der Waals surface area contributed by atoms with Crippen molar-refractivity contribution in [2.75, 3.05) is 26.4 Å². The van der Waals surface area contributed by atoms with Crippen LogP contribution in [0.25, 0.3) is 0 Å². The molecule has 0 radical (unpaired) electrons. The fourth-order valence-electron chi connectivity index (χ4n) is 1.34. The van der Waals surface area contributed by atoms with Gasteiger partial charge < -0.3 is 14.6 Å². The number of nitro groups is 1. The van der Waals surface area contributed by atoms with Crippen LogP contribution in [-0.4, -0.2) is 36.5 Å². The van der Waals surface area contributed by atoms with Crippen molar-refractivity contribution >= 4 is 5.69 Å². The SMILES string of the molecule is Cc1cccc([N+](=O)[O-])c1OCCOCCO. The van der Waals surface area contributed by atoms with Gasteiger partial charge in [-0.3, -0.25) is 10.1 Å². The number of aryl methyl sites for hydroxylation is 1. The van der Waals surface area contributed by atoms with Crippen molar-refractivity contribution in [3.8, 4) is 5.75 Å². The topological polar surface area (TPSA) is 81.8 Å². The lowest BCUT2D eigenvalue weighted by atomic mass is 10.2. The van der Waals surface area contributed by atoms with E-state index in [1.54, 1.807) is 19.1 Å². The highest BCUT2D eigenvalue weighted by Crippen LogP contribution is 2.29. The second-order valence-corrected chi connectivity index (χ2v) is 3.36. The van der Waals surface area contributed by atoms with Crippen molar-refractivity contribution in [2.24, 2.45) is 0 Å². The number of para-hydroxylation sites is 1. The fourth-order valence-corrected chi connectivity index (χ4v) is 1.34. The van der Waals surface area contributed by atoms with Gasteiger partial charge in [0.2, 0.25) is 0 Å². The molecule has 1 aromatic rings.